The molecule has 0 radical (unpaired) electrons. The predicted octanol–water partition coefficient (Wildman–Crippen LogP) is 0.390. The number of sulfonamides is 1. The zero-order valence-corrected chi connectivity index (χ0v) is 12.7. The molecule has 1 heterocycles. The molecule has 5 nitrogen and oxygen atoms in total. The van der Waals surface area contributed by atoms with E-state index < -0.39 is 10.0 Å². The fourth-order valence-electron chi connectivity index (χ4n) is 3.08. The van der Waals surface area contributed by atoms with Crippen LogP contribution in [-0.4, -0.2) is 57.8 Å². The average Bonchev–Trinajstić information content (AvgIpc) is 2.91. The van der Waals surface area contributed by atoms with Crippen LogP contribution in [0.15, 0.2) is 0 Å². The van der Waals surface area contributed by atoms with Crippen LogP contribution >= 0.6 is 0 Å². The minimum atomic E-state index is -3.13. The normalized spacial score (nSPS) is 24.7. The van der Waals surface area contributed by atoms with Crippen molar-refractivity contribution in [3.8, 4) is 0 Å². The lowest BCUT2D eigenvalue weighted by molar-refractivity contribution is 0.253. The highest BCUT2D eigenvalue weighted by atomic mass is 32.2. The van der Waals surface area contributed by atoms with E-state index in [2.05, 4.69) is 14.9 Å². The first-order valence-corrected chi connectivity index (χ1v) is 9.15. The van der Waals surface area contributed by atoms with Crippen molar-refractivity contribution in [1.82, 2.24) is 14.9 Å². The van der Waals surface area contributed by atoms with Crippen LogP contribution in [0, 0.1) is 5.92 Å². The first kappa shape index (κ1) is 15.2. The number of nitrogens with one attached hydrogen (secondary N) is 2. The SMILES string of the molecule is CC(NS(=O)(=O)CCN1CCNCC1)C1CCCC1. The van der Waals surface area contributed by atoms with Crippen molar-refractivity contribution in [3.05, 3.63) is 0 Å². The third kappa shape index (κ3) is 5.02. The molecule has 2 N–H and O–H groups in total. The molecule has 1 aliphatic heterocycles. The summed E-state index contributed by atoms with van der Waals surface area (Å²) in [6.07, 6.45) is 4.83. The Balaban J connectivity index is 1.74. The lowest BCUT2D eigenvalue weighted by Crippen LogP contribution is -2.47. The maximum Gasteiger partial charge on any atom is 0.213 e. The quantitative estimate of drug-likeness (QED) is 0.742. The predicted molar refractivity (Wildman–Crippen MR) is 77.7 cm³/mol. The minimum absolute atomic E-state index is 0.0931. The van der Waals surface area contributed by atoms with Gasteiger partial charge in [-0.1, -0.05) is 12.8 Å². The van der Waals surface area contributed by atoms with E-state index in [0.717, 1.165) is 26.2 Å². The molecular weight excluding hydrogens is 262 g/mol. The Hall–Kier alpha value is -0.170. The van der Waals surface area contributed by atoms with Crippen LogP contribution in [-0.2, 0) is 10.0 Å². The number of hydrogen-bond acceptors (Lipinski definition) is 4. The summed E-state index contributed by atoms with van der Waals surface area (Å²) in [5.41, 5.74) is 0. The van der Waals surface area contributed by atoms with Gasteiger partial charge in [0.15, 0.2) is 0 Å². The molecule has 0 bridgehead atoms. The Kier molecular flexibility index (Phi) is 5.62. The van der Waals surface area contributed by atoms with Gasteiger partial charge < -0.3 is 5.32 Å². The highest BCUT2D eigenvalue weighted by Crippen LogP contribution is 2.27. The monoisotopic (exact) mass is 289 g/mol. The van der Waals surface area contributed by atoms with E-state index >= 15 is 0 Å². The van der Waals surface area contributed by atoms with Crippen molar-refractivity contribution in [2.45, 2.75) is 38.6 Å². The van der Waals surface area contributed by atoms with Gasteiger partial charge in [-0.25, -0.2) is 13.1 Å². The van der Waals surface area contributed by atoms with Crippen LogP contribution in [0.4, 0.5) is 0 Å². The zero-order valence-electron chi connectivity index (χ0n) is 11.9. The Morgan fingerprint density at radius 3 is 2.53 bits per heavy atom. The Bertz CT molecular complexity index is 360. The molecule has 0 aromatic rings. The maximum atomic E-state index is 12.1. The van der Waals surface area contributed by atoms with Crippen LogP contribution in [0.1, 0.15) is 32.6 Å². The summed E-state index contributed by atoms with van der Waals surface area (Å²) in [6.45, 7) is 6.49. The summed E-state index contributed by atoms with van der Waals surface area (Å²) in [5.74, 6) is 0.762. The van der Waals surface area contributed by atoms with Gasteiger partial charge in [0.05, 0.1) is 5.75 Å². The largest absolute Gasteiger partial charge is 0.314 e. The van der Waals surface area contributed by atoms with Gasteiger partial charge in [-0.15, -0.1) is 0 Å². The van der Waals surface area contributed by atoms with E-state index in [-0.39, 0.29) is 11.8 Å². The fourth-order valence-corrected chi connectivity index (χ4v) is 4.46. The van der Waals surface area contributed by atoms with E-state index in [1.165, 1.54) is 25.7 Å². The molecule has 2 rings (SSSR count). The van der Waals surface area contributed by atoms with Gasteiger partial charge >= 0.3 is 0 Å². The second-order valence-corrected chi connectivity index (χ2v) is 7.74. The summed E-state index contributed by atoms with van der Waals surface area (Å²) in [4.78, 5) is 2.22. The van der Waals surface area contributed by atoms with Crippen LogP contribution in [0.5, 0.6) is 0 Å². The van der Waals surface area contributed by atoms with Gasteiger partial charge in [-0.05, 0) is 25.7 Å². The van der Waals surface area contributed by atoms with Crippen LogP contribution in [0.3, 0.4) is 0 Å². The maximum absolute atomic E-state index is 12.1. The van der Waals surface area contributed by atoms with Crippen molar-refractivity contribution < 1.29 is 8.42 Å². The van der Waals surface area contributed by atoms with Gasteiger partial charge in [0, 0.05) is 38.8 Å². The summed E-state index contributed by atoms with van der Waals surface area (Å²) < 4.78 is 27.0. The molecule has 1 aliphatic carbocycles. The van der Waals surface area contributed by atoms with Crippen molar-refractivity contribution in [2.75, 3.05) is 38.5 Å². The molecular formula is C13H27N3O2S. The molecule has 2 aliphatic rings. The molecule has 1 unspecified atom stereocenters. The number of nitrogens with zero attached hydrogens (tertiary/aromatic N) is 1. The van der Waals surface area contributed by atoms with Crippen molar-refractivity contribution in [2.24, 2.45) is 5.92 Å². The summed E-state index contributed by atoms with van der Waals surface area (Å²) in [5, 5.41) is 3.27. The lowest BCUT2D eigenvalue weighted by Gasteiger charge is -2.27. The van der Waals surface area contributed by atoms with Crippen molar-refractivity contribution in [3.63, 3.8) is 0 Å². The van der Waals surface area contributed by atoms with Crippen LogP contribution in [0.25, 0.3) is 0 Å². The Morgan fingerprint density at radius 2 is 1.89 bits per heavy atom. The van der Waals surface area contributed by atoms with E-state index in [0.29, 0.717) is 12.5 Å². The minimum Gasteiger partial charge on any atom is -0.314 e. The molecule has 1 saturated heterocycles. The second kappa shape index (κ2) is 7.02. The molecule has 0 spiro atoms. The molecule has 1 atom stereocenters. The summed E-state index contributed by atoms with van der Waals surface area (Å²) in [6, 6.07) is 0.0931. The molecule has 0 aromatic carbocycles. The standard InChI is InChI=1S/C13H27N3O2S/c1-12(13-4-2-3-5-13)15-19(17,18)11-10-16-8-6-14-7-9-16/h12-15H,2-11H2,1H3. The van der Waals surface area contributed by atoms with E-state index in [4.69, 9.17) is 0 Å². The zero-order chi connectivity index (χ0) is 13.7. The average molecular weight is 289 g/mol. The van der Waals surface area contributed by atoms with Gasteiger partial charge in [0.25, 0.3) is 0 Å². The third-order valence-electron chi connectivity index (χ3n) is 4.36. The molecule has 6 heteroatoms. The Morgan fingerprint density at radius 1 is 1.26 bits per heavy atom. The third-order valence-corrected chi connectivity index (χ3v) is 5.81. The Labute approximate surface area is 117 Å². The molecule has 112 valence electrons. The van der Waals surface area contributed by atoms with E-state index in [1.54, 1.807) is 0 Å². The molecule has 19 heavy (non-hydrogen) atoms. The highest BCUT2D eigenvalue weighted by molar-refractivity contribution is 7.89. The molecule has 0 amide bonds. The van der Waals surface area contributed by atoms with Gasteiger partial charge in [-0.3, -0.25) is 4.90 Å². The van der Waals surface area contributed by atoms with Gasteiger partial charge in [0.2, 0.25) is 10.0 Å². The highest BCUT2D eigenvalue weighted by Gasteiger charge is 2.25. The summed E-state index contributed by atoms with van der Waals surface area (Å²) >= 11 is 0. The first-order valence-electron chi connectivity index (χ1n) is 7.50. The van der Waals surface area contributed by atoms with Crippen LogP contribution < -0.4 is 10.0 Å². The number of rotatable bonds is 6. The van der Waals surface area contributed by atoms with Crippen molar-refractivity contribution >= 4 is 10.0 Å². The van der Waals surface area contributed by atoms with Crippen molar-refractivity contribution in [1.29, 1.82) is 0 Å². The molecule has 0 aromatic heterocycles. The van der Waals surface area contributed by atoms with Gasteiger partial charge in [-0.2, -0.15) is 0 Å². The number of piperazine rings is 1. The topological polar surface area (TPSA) is 61.4 Å². The second-order valence-electron chi connectivity index (χ2n) is 5.86. The molecule has 2 fully saturated rings. The lowest BCUT2D eigenvalue weighted by atomic mass is 10.0. The first-order chi connectivity index (χ1) is 9.07. The van der Waals surface area contributed by atoms with E-state index in [1.807, 2.05) is 6.92 Å². The van der Waals surface area contributed by atoms with Crippen LogP contribution in [0.2, 0.25) is 0 Å². The fraction of sp³-hybridized carbons (Fsp3) is 1.00. The summed E-state index contributed by atoms with van der Waals surface area (Å²) in [7, 11) is -3.13. The van der Waals surface area contributed by atoms with Gasteiger partial charge in [0.1, 0.15) is 0 Å². The van der Waals surface area contributed by atoms with E-state index in [9.17, 15) is 8.42 Å². The number of hydrogen-bond donors (Lipinski definition) is 2. The molecule has 1 saturated carbocycles. The smallest absolute Gasteiger partial charge is 0.213 e.